The molecule has 3 rings (SSSR count). The molecular formula is C18H25N3O. The predicted molar refractivity (Wildman–Crippen MR) is 88.6 cm³/mol. The molecule has 1 saturated heterocycles. The van der Waals surface area contributed by atoms with Crippen LogP contribution < -0.4 is 10.2 Å². The van der Waals surface area contributed by atoms with Gasteiger partial charge in [0.05, 0.1) is 0 Å². The highest BCUT2D eigenvalue weighted by atomic mass is 16.1. The second kappa shape index (κ2) is 7.43. The van der Waals surface area contributed by atoms with Crippen LogP contribution in [0.5, 0.6) is 0 Å². The summed E-state index contributed by atoms with van der Waals surface area (Å²) < 4.78 is 0. The average Bonchev–Trinajstić information content (AvgIpc) is 3.07. The van der Waals surface area contributed by atoms with E-state index in [0.29, 0.717) is 18.9 Å². The zero-order valence-electron chi connectivity index (χ0n) is 13.1. The lowest BCUT2D eigenvalue weighted by Crippen LogP contribution is -2.32. The normalized spacial score (nSPS) is 21.1. The number of allylic oxidation sites excluding steroid dienone is 2. The molecule has 4 nitrogen and oxygen atoms in total. The van der Waals surface area contributed by atoms with Gasteiger partial charge in [-0.05, 0) is 44.1 Å². The van der Waals surface area contributed by atoms with Crippen LogP contribution in [-0.4, -0.2) is 24.0 Å². The molecule has 4 heteroatoms. The van der Waals surface area contributed by atoms with E-state index in [-0.39, 0.29) is 5.91 Å². The Bertz CT molecular complexity index is 535. The predicted octanol–water partition coefficient (Wildman–Crippen LogP) is 3.04. The Morgan fingerprint density at radius 3 is 2.95 bits per heavy atom. The molecule has 2 heterocycles. The minimum absolute atomic E-state index is 0.144. The van der Waals surface area contributed by atoms with Gasteiger partial charge in [-0.1, -0.05) is 18.2 Å². The maximum atomic E-state index is 12.1. The summed E-state index contributed by atoms with van der Waals surface area (Å²) in [5, 5.41) is 3.07. The molecule has 1 aliphatic heterocycles. The van der Waals surface area contributed by atoms with Gasteiger partial charge in [0.1, 0.15) is 5.82 Å². The van der Waals surface area contributed by atoms with Crippen LogP contribution in [0.1, 0.15) is 44.1 Å². The largest absolute Gasteiger partial charge is 0.356 e. The van der Waals surface area contributed by atoms with Gasteiger partial charge in [-0.25, -0.2) is 4.98 Å². The summed E-state index contributed by atoms with van der Waals surface area (Å²) in [6.07, 6.45) is 12.8. The van der Waals surface area contributed by atoms with E-state index in [2.05, 4.69) is 33.4 Å². The van der Waals surface area contributed by atoms with Gasteiger partial charge >= 0.3 is 0 Å². The molecule has 0 saturated carbocycles. The highest BCUT2D eigenvalue weighted by molar-refractivity contribution is 5.76. The molecule has 1 aliphatic carbocycles. The third kappa shape index (κ3) is 3.87. The summed E-state index contributed by atoms with van der Waals surface area (Å²) in [5.41, 5.74) is 1.12. The van der Waals surface area contributed by atoms with Gasteiger partial charge in [-0.2, -0.15) is 0 Å². The number of rotatable bonds is 5. The molecule has 1 aromatic heterocycles. The summed E-state index contributed by atoms with van der Waals surface area (Å²) >= 11 is 0. The molecule has 0 radical (unpaired) electrons. The van der Waals surface area contributed by atoms with Gasteiger partial charge in [-0.15, -0.1) is 0 Å². The summed E-state index contributed by atoms with van der Waals surface area (Å²) in [6, 6.07) is 4.03. The van der Waals surface area contributed by atoms with E-state index < -0.39 is 0 Å². The van der Waals surface area contributed by atoms with Crippen LogP contribution >= 0.6 is 0 Å². The lowest BCUT2D eigenvalue weighted by Gasteiger charge is -2.29. The maximum Gasteiger partial charge on any atom is 0.220 e. The number of carbonyl (C=O) groups excluding carboxylic acids is 1. The number of piperidine rings is 1. The molecular weight excluding hydrogens is 274 g/mol. The average molecular weight is 299 g/mol. The van der Waals surface area contributed by atoms with Crippen LogP contribution in [0.25, 0.3) is 0 Å². The number of nitrogens with one attached hydrogen (secondary N) is 1. The molecule has 1 unspecified atom stereocenters. The number of hydrogen-bond donors (Lipinski definition) is 1. The van der Waals surface area contributed by atoms with Crippen molar-refractivity contribution in [3.63, 3.8) is 0 Å². The van der Waals surface area contributed by atoms with Crippen LogP contribution in [-0.2, 0) is 11.3 Å². The van der Waals surface area contributed by atoms with E-state index in [1.165, 1.54) is 19.3 Å². The molecule has 0 spiro atoms. The summed E-state index contributed by atoms with van der Waals surface area (Å²) in [6.45, 7) is 2.73. The highest BCUT2D eigenvalue weighted by Crippen LogP contribution is 2.22. The first-order valence-corrected chi connectivity index (χ1v) is 8.45. The minimum Gasteiger partial charge on any atom is -0.356 e. The van der Waals surface area contributed by atoms with E-state index >= 15 is 0 Å². The zero-order valence-corrected chi connectivity index (χ0v) is 13.1. The number of hydrogen-bond acceptors (Lipinski definition) is 3. The van der Waals surface area contributed by atoms with E-state index in [0.717, 1.165) is 37.3 Å². The third-order valence-electron chi connectivity index (χ3n) is 4.56. The number of amides is 1. The molecule has 22 heavy (non-hydrogen) atoms. The molecule has 1 fully saturated rings. The van der Waals surface area contributed by atoms with Crippen molar-refractivity contribution in [1.82, 2.24) is 10.3 Å². The lowest BCUT2D eigenvalue weighted by atomic mass is 10.0. The van der Waals surface area contributed by atoms with Gasteiger partial charge in [0, 0.05) is 37.8 Å². The van der Waals surface area contributed by atoms with Crippen LogP contribution in [0.3, 0.4) is 0 Å². The quantitative estimate of drug-likeness (QED) is 0.850. The van der Waals surface area contributed by atoms with Gasteiger partial charge in [0.15, 0.2) is 0 Å². The Labute approximate surface area is 132 Å². The van der Waals surface area contributed by atoms with Gasteiger partial charge < -0.3 is 10.2 Å². The Morgan fingerprint density at radius 1 is 1.32 bits per heavy atom. The van der Waals surface area contributed by atoms with Crippen molar-refractivity contribution >= 4 is 11.7 Å². The Kier molecular flexibility index (Phi) is 5.09. The van der Waals surface area contributed by atoms with Crippen molar-refractivity contribution in [2.24, 2.45) is 5.92 Å². The number of carbonyl (C=O) groups is 1. The Hall–Kier alpha value is -1.84. The number of pyridine rings is 1. The van der Waals surface area contributed by atoms with Crippen molar-refractivity contribution in [3.05, 3.63) is 36.0 Å². The fourth-order valence-electron chi connectivity index (χ4n) is 3.33. The zero-order chi connectivity index (χ0) is 15.2. The first-order chi connectivity index (χ1) is 10.8. The lowest BCUT2D eigenvalue weighted by molar-refractivity contribution is -0.121. The number of anilines is 1. The highest BCUT2D eigenvalue weighted by Gasteiger charge is 2.17. The smallest absolute Gasteiger partial charge is 0.220 e. The van der Waals surface area contributed by atoms with E-state index in [9.17, 15) is 4.79 Å². The molecule has 0 aromatic carbocycles. The molecule has 1 atom stereocenters. The van der Waals surface area contributed by atoms with Gasteiger partial charge in [0.2, 0.25) is 5.91 Å². The van der Waals surface area contributed by atoms with E-state index in [4.69, 9.17) is 0 Å². The second-order valence-corrected chi connectivity index (χ2v) is 6.28. The fourth-order valence-corrected chi connectivity index (χ4v) is 3.33. The molecule has 0 bridgehead atoms. The van der Waals surface area contributed by atoms with E-state index in [1.54, 1.807) is 0 Å². The molecule has 1 aromatic rings. The number of aromatic nitrogens is 1. The van der Waals surface area contributed by atoms with Crippen LogP contribution in [0.15, 0.2) is 30.5 Å². The Morgan fingerprint density at radius 2 is 2.18 bits per heavy atom. The van der Waals surface area contributed by atoms with Gasteiger partial charge in [0.25, 0.3) is 0 Å². The monoisotopic (exact) mass is 299 g/mol. The van der Waals surface area contributed by atoms with Gasteiger partial charge in [-0.3, -0.25) is 4.79 Å². The molecule has 1 N–H and O–H groups in total. The summed E-state index contributed by atoms with van der Waals surface area (Å²) in [7, 11) is 0. The maximum absolute atomic E-state index is 12.1. The first-order valence-electron chi connectivity index (χ1n) is 8.45. The molecule has 118 valence electrons. The van der Waals surface area contributed by atoms with Crippen molar-refractivity contribution in [2.75, 3.05) is 18.0 Å². The van der Waals surface area contributed by atoms with Crippen molar-refractivity contribution in [3.8, 4) is 0 Å². The SMILES string of the molecule is O=C(CC1C=CCC1)NCc1cccnc1N1CCCCC1. The van der Waals surface area contributed by atoms with Crippen molar-refractivity contribution in [2.45, 2.75) is 45.1 Å². The van der Waals surface area contributed by atoms with Crippen LogP contribution in [0.4, 0.5) is 5.82 Å². The van der Waals surface area contributed by atoms with E-state index in [1.807, 2.05) is 12.3 Å². The third-order valence-corrected chi connectivity index (χ3v) is 4.56. The molecule has 2 aliphatic rings. The van der Waals surface area contributed by atoms with Crippen molar-refractivity contribution < 1.29 is 4.79 Å². The van der Waals surface area contributed by atoms with Crippen molar-refractivity contribution in [1.29, 1.82) is 0 Å². The standard InChI is InChI=1S/C18H25N3O/c22-17(13-15-7-2-3-8-15)20-14-16-9-6-10-19-18(16)21-11-4-1-5-12-21/h2,6-7,9-10,15H,1,3-5,8,11-14H2,(H,20,22). The second-order valence-electron chi connectivity index (χ2n) is 6.28. The molecule has 1 amide bonds. The summed E-state index contributed by atoms with van der Waals surface area (Å²) in [4.78, 5) is 19.0. The minimum atomic E-state index is 0.144. The Balaban J connectivity index is 1.57. The first kappa shape index (κ1) is 15.1. The topological polar surface area (TPSA) is 45.2 Å². The van der Waals surface area contributed by atoms with Crippen LogP contribution in [0, 0.1) is 5.92 Å². The summed E-state index contributed by atoms with van der Waals surface area (Å²) in [5.74, 6) is 1.61. The van der Waals surface area contributed by atoms with Crippen LogP contribution in [0.2, 0.25) is 0 Å². The number of nitrogens with zero attached hydrogens (tertiary/aromatic N) is 2. The fraction of sp³-hybridized carbons (Fsp3) is 0.556.